The van der Waals surface area contributed by atoms with Crippen molar-refractivity contribution in [2.24, 2.45) is 0 Å². The highest BCUT2D eigenvalue weighted by Gasteiger charge is 2.26. The van der Waals surface area contributed by atoms with E-state index in [0.717, 1.165) is 6.26 Å². The highest BCUT2D eigenvalue weighted by Crippen LogP contribution is 2.12. The molecular weight excluding hydrogens is 400 g/mol. The second-order valence-electron chi connectivity index (χ2n) is 6.50. The summed E-state index contributed by atoms with van der Waals surface area (Å²) in [6, 6.07) is 0. The fourth-order valence-electron chi connectivity index (χ4n) is 1.87. The third-order valence-electron chi connectivity index (χ3n) is 3.44. The number of hydrogen-bond donors (Lipinski definition) is 0. The lowest BCUT2D eigenvalue weighted by Crippen LogP contribution is -2.28. The Bertz CT molecular complexity index is 681. The molecule has 0 fully saturated rings. The predicted octanol–water partition coefficient (Wildman–Crippen LogP) is 1.90. The monoisotopic (exact) mass is 430 g/mol. The van der Waals surface area contributed by atoms with E-state index in [1.165, 1.54) is 13.8 Å². The average Bonchev–Trinajstić information content (AvgIpc) is 2.48. The van der Waals surface area contributed by atoms with E-state index < -0.39 is 48.9 Å². The Kier molecular flexibility index (Phi) is 11.1. The minimum absolute atomic E-state index is 0.0527. The molecule has 0 radical (unpaired) electrons. The van der Waals surface area contributed by atoms with E-state index in [1.807, 2.05) is 0 Å². The summed E-state index contributed by atoms with van der Waals surface area (Å²) in [7, 11) is -7.38. The quantitative estimate of drug-likeness (QED) is 0.244. The third kappa shape index (κ3) is 12.0. The lowest BCUT2D eigenvalue weighted by Gasteiger charge is -2.15. The zero-order valence-corrected chi connectivity index (χ0v) is 18.1. The van der Waals surface area contributed by atoms with Crippen molar-refractivity contribution in [2.75, 3.05) is 6.26 Å². The van der Waals surface area contributed by atoms with Crippen LogP contribution in [0.5, 0.6) is 0 Å². The van der Waals surface area contributed by atoms with Gasteiger partial charge in [-0.2, -0.15) is 8.42 Å². The summed E-state index contributed by atoms with van der Waals surface area (Å²) < 4.78 is 60.2. The molecule has 160 valence electrons. The van der Waals surface area contributed by atoms with Crippen LogP contribution in [0.2, 0.25) is 0 Å². The van der Waals surface area contributed by atoms with Crippen molar-refractivity contribution in [2.45, 2.75) is 83.2 Å². The molecule has 0 aliphatic carbocycles. The van der Waals surface area contributed by atoms with Gasteiger partial charge in [-0.05, 0) is 40.5 Å². The maximum absolute atomic E-state index is 11.7. The molecule has 0 saturated heterocycles. The Balaban J connectivity index is 3.96. The second kappa shape index (κ2) is 11.6. The van der Waals surface area contributed by atoms with E-state index in [4.69, 9.17) is 13.7 Å². The van der Waals surface area contributed by atoms with Crippen molar-refractivity contribution in [3.63, 3.8) is 0 Å². The van der Waals surface area contributed by atoms with E-state index >= 15 is 0 Å². The van der Waals surface area contributed by atoms with Crippen molar-refractivity contribution in [1.29, 1.82) is 0 Å². The lowest BCUT2D eigenvalue weighted by atomic mass is 10.1. The smallest absolute Gasteiger partial charge is 0.307 e. The van der Waals surface area contributed by atoms with Crippen molar-refractivity contribution in [3.8, 4) is 0 Å². The van der Waals surface area contributed by atoms with E-state index in [9.17, 15) is 26.4 Å². The molecule has 9 nitrogen and oxygen atoms in total. The van der Waals surface area contributed by atoms with Crippen LogP contribution in [0, 0.1) is 0 Å². The van der Waals surface area contributed by atoms with Gasteiger partial charge in [0, 0.05) is 19.1 Å². The zero-order valence-electron chi connectivity index (χ0n) is 16.5. The first-order valence-electron chi connectivity index (χ1n) is 8.75. The Morgan fingerprint density at radius 3 is 1.52 bits per heavy atom. The van der Waals surface area contributed by atoms with Crippen LogP contribution in [-0.2, 0) is 43.2 Å². The Morgan fingerprint density at radius 2 is 1.15 bits per heavy atom. The number of rotatable bonds is 13. The summed E-state index contributed by atoms with van der Waals surface area (Å²) >= 11 is 0. The Morgan fingerprint density at radius 1 is 0.741 bits per heavy atom. The molecule has 0 amide bonds. The van der Waals surface area contributed by atoms with Crippen LogP contribution in [0.1, 0.15) is 66.2 Å². The highest BCUT2D eigenvalue weighted by molar-refractivity contribution is 7.91. The molecule has 11 heteroatoms. The van der Waals surface area contributed by atoms with Crippen LogP contribution in [-0.4, -0.2) is 52.0 Å². The van der Waals surface area contributed by atoms with Gasteiger partial charge in [0.2, 0.25) is 5.44 Å². The summed E-state index contributed by atoms with van der Waals surface area (Å²) in [6.07, 6.45) is 2.84. The number of esters is 2. The van der Waals surface area contributed by atoms with Gasteiger partial charge in [-0.1, -0.05) is 12.8 Å². The summed E-state index contributed by atoms with van der Waals surface area (Å²) in [4.78, 5) is 23.2. The molecule has 0 saturated carbocycles. The number of hydrogen-bond acceptors (Lipinski definition) is 9. The summed E-state index contributed by atoms with van der Waals surface area (Å²) in [5.74, 6) is -1.23. The van der Waals surface area contributed by atoms with E-state index in [1.54, 1.807) is 13.8 Å². The standard InChI is InChI=1S/C16H30O9S2/c1-12(2)25-27(21,22)14(4)24-16(18)11-9-7-6-8-10-15(17)23-13(3)26(5,19)20/h12-14H,6-11H2,1-5H3. The number of unbranched alkanes of at least 4 members (excludes halogenated alkanes) is 3. The maximum Gasteiger partial charge on any atom is 0.307 e. The molecule has 0 bridgehead atoms. The normalized spacial score (nSPS) is 14.6. The predicted molar refractivity (Wildman–Crippen MR) is 98.8 cm³/mol. The van der Waals surface area contributed by atoms with Crippen molar-refractivity contribution >= 4 is 31.9 Å². The minimum atomic E-state index is -3.96. The molecule has 0 spiro atoms. The van der Waals surface area contributed by atoms with E-state index in [-0.39, 0.29) is 12.8 Å². The van der Waals surface area contributed by atoms with E-state index in [0.29, 0.717) is 25.7 Å². The van der Waals surface area contributed by atoms with Crippen LogP contribution in [0.3, 0.4) is 0 Å². The SMILES string of the molecule is CC(C)OS(=O)(=O)C(C)OC(=O)CCCCCCC(=O)OC(C)S(C)(=O)=O. The molecule has 0 aromatic rings. The number of carbonyl (C=O) groups excluding carboxylic acids is 2. The van der Waals surface area contributed by atoms with Gasteiger partial charge in [0.05, 0.1) is 6.10 Å². The Hall–Kier alpha value is -1.20. The molecule has 0 N–H and O–H groups in total. The van der Waals surface area contributed by atoms with Gasteiger partial charge in [-0.15, -0.1) is 0 Å². The number of sulfone groups is 1. The molecular formula is C16H30O9S2. The average molecular weight is 431 g/mol. The molecule has 2 atom stereocenters. The first-order chi connectivity index (χ1) is 12.3. The molecule has 27 heavy (non-hydrogen) atoms. The molecule has 2 unspecified atom stereocenters. The fourth-order valence-corrected chi connectivity index (χ4v) is 3.07. The first kappa shape index (κ1) is 25.8. The highest BCUT2D eigenvalue weighted by atomic mass is 32.2. The molecule has 0 aliphatic rings. The van der Waals surface area contributed by atoms with Gasteiger partial charge in [-0.25, -0.2) is 8.42 Å². The van der Waals surface area contributed by atoms with Gasteiger partial charge in [-0.3, -0.25) is 13.8 Å². The topological polar surface area (TPSA) is 130 Å². The van der Waals surface area contributed by atoms with Crippen LogP contribution in [0.25, 0.3) is 0 Å². The lowest BCUT2D eigenvalue weighted by molar-refractivity contribution is -0.146. The third-order valence-corrected chi connectivity index (χ3v) is 6.31. The zero-order chi connectivity index (χ0) is 21.3. The number of ether oxygens (including phenoxy) is 2. The molecule has 0 aliphatic heterocycles. The summed E-state index contributed by atoms with van der Waals surface area (Å²) in [5.41, 5.74) is -2.54. The van der Waals surface area contributed by atoms with Crippen LogP contribution in [0.4, 0.5) is 0 Å². The van der Waals surface area contributed by atoms with Gasteiger partial charge >= 0.3 is 22.1 Å². The fraction of sp³-hybridized carbons (Fsp3) is 0.875. The van der Waals surface area contributed by atoms with Gasteiger partial charge in [0.1, 0.15) is 0 Å². The molecule has 0 rings (SSSR count). The molecule has 0 heterocycles. The minimum Gasteiger partial charge on any atom is -0.446 e. The van der Waals surface area contributed by atoms with E-state index in [2.05, 4.69) is 0 Å². The first-order valence-corrected chi connectivity index (χ1v) is 12.2. The van der Waals surface area contributed by atoms with Crippen LogP contribution in [0.15, 0.2) is 0 Å². The van der Waals surface area contributed by atoms with Crippen LogP contribution >= 0.6 is 0 Å². The number of carbonyl (C=O) groups is 2. The largest absolute Gasteiger partial charge is 0.446 e. The summed E-state index contributed by atoms with van der Waals surface area (Å²) in [5, 5.41) is 0. The summed E-state index contributed by atoms with van der Waals surface area (Å²) in [6.45, 7) is 5.65. The van der Waals surface area contributed by atoms with Gasteiger partial charge in [0.25, 0.3) is 0 Å². The maximum atomic E-state index is 11.7. The molecule has 0 aromatic carbocycles. The van der Waals surface area contributed by atoms with Gasteiger partial charge < -0.3 is 9.47 Å². The van der Waals surface area contributed by atoms with Crippen molar-refractivity contribution < 1.29 is 40.1 Å². The van der Waals surface area contributed by atoms with Crippen molar-refractivity contribution in [1.82, 2.24) is 0 Å². The van der Waals surface area contributed by atoms with Gasteiger partial charge in [0.15, 0.2) is 15.3 Å². The van der Waals surface area contributed by atoms with Crippen LogP contribution < -0.4 is 0 Å². The molecule has 0 aromatic heterocycles. The van der Waals surface area contributed by atoms with Crippen molar-refractivity contribution in [3.05, 3.63) is 0 Å². The second-order valence-corrected chi connectivity index (χ2v) is 10.7. The Labute approximate surface area is 161 Å².